The summed E-state index contributed by atoms with van der Waals surface area (Å²) >= 11 is 1.74. The summed E-state index contributed by atoms with van der Waals surface area (Å²) in [7, 11) is 0. The lowest BCUT2D eigenvalue weighted by Crippen LogP contribution is -2.43. The molecule has 1 saturated heterocycles. The first kappa shape index (κ1) is 13.5. The van der Waals surface area contributed by atoms with Gasteiger partial charge in [-0.15, -0.1) is 11.3 Å². The minimum absolute atomic E-state index is 0.634. The predicted octanol–water partition coefficient (Wildman–Crippen LogP) is 2.34. The van der Waals surface area contributed by atoms with Gasteiger partial charge in [0.15, 0.2) is 0 Å². The molecule has 1 N–H and O–H groups in total. The van der Waals surface area contributed by atoms with Crippen molar-refractivity contribution >= 4 is 17.2 Å². The molecule has 20 heavy (non-hydrogen) atoms. The zero-order chi connectivity index (χ0) is 13.6. The van der Waals surface area contributed by atoms with Gasteiger partial charge in [-0.2, -0.15) is 0 Å². The Hall–Kier alpha value is -1.46. The van der Waals surface area contributed by atoms with Gasteiger partial charge in [-0.3, -0.25) is 0 Å². The van der Waals surface area contributed by atoms with Crippen molar-refractivity contribution in [3.63, 3.8) is 0 Å². The van der Waals surface area contributed by atoms with Crippen LogP contribution in [0.2, 0.25) is 0 Å². The molecule has 0 aromatic carbocycles. The molecule has 0 bridgehead atoms. The molecule has 0 spiro atoms. The van der Waals surface area contributed by atoms with E-state index in [4.69, 9.17) is 0 Å². The fourth-order valence-electron chi connectivity index (χ4n) is 2.61. The number of nitrogens with zero attached hydrogens (tertiary/aromatic N) is 3. The maximum Gasteiger partial charge on any atom is 0.128 e. The van der Waals surface area contributed by atoms with Crippen molar-refractivity contribution in [2.24, 2.45) is 0 Å². The van der Waals surface area contributed by atoms with E-state index in [9.17, 15) is 0 Å². The predicted molar refractivity (Wildman–Crippen MR) is 83.3 cm³/mol. The van der Waals surface area contributed by atoms with E-state index in [1.165, 1.54) is 17.8 Å². The van der Waals surface area contributed by atoms with Gasteiger partial charge < -0.3 is 10.2 Å². The average molecular weight is 288 g/mol. The van der Waals surface area contributed by atoms with Crippen LogP contribution in [0.15, 0.2) is 36.0 Å². The highest BCUT2D eigenvalue weighted by Crippen LogP contribution is 2.17. The number of anilines is 1. The molecule has 1 aliphatic heterocycles. The zero-order valence-electron chi connectivity index (χ0n) is 11.5. The van der Waals surface area contributed by atoms with Gasteiger partial charge in [-0.25, -0.2) is 9.97 Å². The molecule has 1 fully saturated rings. The van der Waals surface area contributed by atoms with Crippen LogP contribution in [0.25, 0.3) is 0 Å². The highest BCUT2D eigenvalue weighted by molar-refractivity contribution is 7.09. The van der Waals surface area contributed by atoms with Gasteiger partial charge in [-0.1, -0.05) is 6.07 Å². The van der Waals surface area contributed by atoms with Crippen LogP contribution in [0.4, 0.5) is 5.82 Å². The molecule has 4 nitrogen and oxygen atoms in total. The number of nitrogens with one attached hydrogen (secondary N) is 1. The Morgan fingerprint density at radius 3 is 2.80 bits per heavy atom. The van der Waals surface area contributed by atoms with Crippen LogP contribution in [-0.4, -0.2) is 35.6 Å². The molecule has 106 valence electrons. The Morgan fingerprint density at radius 2 is 2.10 bits per heavy atom. The fourth-order valence-corrected chi connectivity index (χ4v) is 3.23. The van der Waals surface area contributed by atoms with E-state index in [-0.39, 0.29) is 0 Å². The SMILES string of the molecule is c1ccc(N2CCC(NCCc3nccs3)CC2)nc1. The number of pyridine rings is 1. The summed E-state index contributed by atoms with van der Waals surface area (Å²) in [5.41, 5.74) is 0. The van der Waals surface area contributed by atoms with Crippen LogP contribution in [0.3, 0.4) is 0 Å². The molecule has 5 heteroatoms. The normalized spacial score (nSPS) is 16.5. The molecule has 0 unspecified atom stereocenters. The van der Waals surface area contributed by atoms with Gasteiger partial charge in [0.2, 0.25) is 0 Å². The minimum Gasteiger partial charge on any atom is -0.357 e. The number of hydrogen-bond acceptors (Lipinski definition) is 5. The third kappa shape index (κ3) is 3.55. The summed E-state index contributed by atoms with van der Waals surface area (Å²) in [6, 6.07) is 6.75. The summed E-state index contributed by atoms with van der Waals surface area (Å²) in [6.45, 7) is 3.21. The first-order valence-corrected chi connectivity index (χ1v) is 8.07. The Labute approximate surface area is 123 Å². The van der Waals surface area contributed by atoms with Crippen molar-refractivity contribution in [1.29, 1.82) is 0 Å². The quantitative estimate of drug-likeness (QED) is 0.917. The smallest absolute Gasteiger partial charge is 0.128 e. The van der Waals surface area contributed by atoms with E-state index >= 15 is 0 Å². The second-order valence-corrected chi connectivity index (χ2v) is 6.06. The third-order valence-electron chi connectivity index (χ3n) is 3.72. The summed E-state index contributed by atoms with van der Waals surface area (Å²) in [5.74, 6) is 1.11. The summed E-state index contributed by atoms with van der Waals surface area (Å²) in [6.07, 6.45) is 7.17. The number of aromatic nitrogens is 2. The standard InChI is InChI=1S/C15H20N4S/c1-2-7-17-14(3-1)19-10-5-13(6-11-19)16-8-4-15-18-9-12-20-15/h1-3,7,9,12-13,16H,4-6,8,10-11H2. The lowest BCUT2D eigenvalue weighted by molar-refractivity contribution is 0.416. The van der Waals surface area contributed by atoms with E-state index in [0.717, 1.165) is 31.9 Å². The van der Waals surface area contributed by atoms with E-state index in [2.05, 4.69) is 32.3 Å². The molecular formula is C15H20N4S. The van der Waals surface area contributed by atoms with Gasteiger partial charge in [0, 0.05) is 49.9 Å². The Kier molecular flexibility index (Phi) is 4.61. The van der Waals surface area contributed by atoms with E-state index in [1.807, 2.05) is 23.8 Å². The first-order chi connectivity index (χ1) is 9.92. The van der Waals surface area contributed by atoms with Crippen molar-refractivity contribution in [2.45, 2.75) is 25.3 Å². The summed E-state index contributed by atoms with van der Waals surface area (Å²) in [5, 5.41) is 6.92. The first-order valence-electron chi connectivity index (χ1n) is 7.19. The fraction of sp³-hybridized carbons (Fsp3) is 0.467. The Balaban J connectivity index is 1.40. The van der Waals surface area contributed by atoms with Crippen LogP contribution < -0.4 is 10.2 Å². The largest absolute Gasteiger partial charge is 0.357 e. The van der Waals surface area contributed by atoms with Crippen LogP contribution in [-0.2, 0) is 6.42 Å². The molecule has 0 aliphatic carbocycles. The zero-order valence-corrected chi connectivity index (χ0v) is 12.4. The minimum atomic E-state index is 0.634. The third-order valence-corrected chi connectivity index (χ3v) is 4.56. The molecule has 0 amide bonds. The van der Waals surface area contributed by atoms with Crippen molar-refractivity contribution in [1.82, 2.24) is 15.3 Å². The second kappa shape index (κ2) is 6.81. The van der Waals surface area contributed by atoms with Gasteiger partial charge in [0.05, 0.1) is 5.01 Å². The second-order valence-electron chi connectivity index (χ2n) is 5.08. The van der Waals surface area contributed by atoms with Crippen molar-refractivity contribution in [3.8, 4) is 0 Å². The summed E-state index contributed by atoms with van der Waals surface area (Å²) < 4.78 is 0. The van der Waals surface area contributed by atoms with Crippen LogP contribution >= 0.6 is 11.3 Å². The van der Waals surface area contributed by atoms with Gasteiger partial charge in [0.25, 0.3) is 0 Å². The molecule has 2 aromatic rings. The molecule has 3 rings (SSSR count). The number of rotatable bonds is 5. The van der Waals surface area contributed by atoms with E-state index in [1.54, 1.807) is 11.3 Å². The lowest BCUT2D eigenvalue weighted by Gasteiger charge is -2.33. The highest BCUT2D eigenvalue weighted by Gasteiger charge is 2.19. The van der Waals surface area contributed by atoms with Crippen LogP contribution in [0.5, 0.6) is 0 Å². The number of hydrogen-bond donors (Lipinski definition) is 1. The van der Waals surface area contributed by atoms with Crippen LogP contribution in [0.1, 0.15) is 17.8 Å². The molecule has 3 heterocycles. The van der Waals surface area contributed by atoms with Gasteiger partial charge in [0.1, 0.15) is 5.82 Å². The van der Waals surface area contributed by atoms with Gasteiger partial charge in [-0.05, 0) is 25.0 Å². The van der Waals surface area contributed by atoms with Crippen molar-refractivity contribution in [3.05, 3.63) is 41.0 Å². The van der Waals surface area contributed by atoms with Crippen molar-refractivity contribution in [2.75, 3.05) is 24.5 Å². The Morgan fingerprint density at radius 1 is 1.20 bits per heavy atom. The lowest BCUT2D eigenvalue weighted by atomic mass is 10.0. The highest BCUT2D eigenvalue weighted by atomic mass is 32.1. The van der Waals surface area contributed by atoms with Crippen LogP contribution in [0, 0.1) is 0 Å². The van der Waals surface area contributed by atoms with E-state index < -0.39 is 0 Å². The van der Waals surface area contributed by atoms with E-state index in [0.29, 0.717) is 6.04 Å². The maximum absolute atomic E-state index is 4.42. The molecule has 0 atom stereocenters. The Bertz CT molecular complexity index is 492. The maximum atomic E-state index is 4.42. The summed E-state index contributed by atoms with van der Waals surface area (Å²) in [4.78, 5) is 11.1. The molecule has 0 radical (unpaired) electrons. The van der Waals surface area contributed by atoms with Crippen molar-refractivity contribution < 1.29 is 0 Å². The molecular weight excluding hydrogens is 268 g/mol. The number of piperidine rings is 1. The molecule has 0 saturated carbocycles. The number of thiazole rings is 1. The van der Waals surface area contributed by atoms with Gasteiger partial charge >= 0.3 is 0 Å². The topological polar surface area (TPSA) is 41.0 Å². The molecule has 1 aliphatic rings. The monoisotopic (exact) mass is 288 g/mol. The average Bonchev–Trinajstić information content (AvgIpc) is 3.02. The molecule has 2 aromatic heterocycles.